The Labute approximate surface area is 78.5 Å². The van der Waals surface area contributed by atoms with E-state index in [0.717, 1.165) is 0 Å². The summed E-state index contributed by atoms with van der Waals surface area (Å²) in [5.41, 5.74) is 5.22. The van der Waals surface area contributed by atoms with Gasteiger partial charge in [0.1, 0.15) is 6.04 Å². The van der Waals surface area contributed by atoms with Gasteiger partial charge in [0, 0.05) is 24.2 Å². The molecule has 10 heavy (non-hydrogen) atoms. The van der Waals surface area contributed by atoms with E-state index < -0.39 is 16.8 Å². The van der Waals surface area contributed by atoms with Gasteiger partial charge in [-0.2, -0.15) is 12.6 Å². The third kappa shape index (κ3) is 4.26. The molecule has 5 heteroatoms. The van der Waals surface area contributed by atoms with Crippen LogP contribution in [0.3, 0.4) is 0 Å². The summed E-state index contributed by atoms with van der Waals surface area (Å²) in [4.78, 5) is 10.2. The summed E-state index contributed by atoms with van der Waals surface area (Å²) in [7, 11) is 0. The standard InChI is InChI=1S/C5H11NO2S.Zn/c1-5(2,9)3(6)4(7)8;/h3,9H,6H2,1-2H3,(H,7,8);/t3-;/m0./s1. The zero-order chi connectivity index (χ0) is 7.65. The van der Waals surface area contributed by atoms with Crippen LogP contribution in [0.15, 0.2) is 0 Å². The number of thiol groups is 1. The van der Waals surface area contributed by atoms with Crippen molar-refractivity contribution in [2.75, 3.05) is 0 Å². The summed E-state index contributed by atoms with van der Waals surface area (Å²) in [5, 5.41) is 8.34. The van der Waals surface area contributed by atoms with Gasteiger partial charge in [0.25, 0.3) is 0 Å². The van der Waals surface area contributed by atoms with Crippen molar-refractivity contribution in [3.05, 3.63) is 0 Å². The van der Waals surface area contributed by atoms with Crippen molar-refractivity contribution in [3.8, 4) is 0 Å². The summed E-state index contributed by atoms with van der Waals surface area (Å²) in [6, 6.07) is -0.902. The molecule has 3 N–H and O–H groups in total. The Hall–Kier alpha value is 0.403. The van der Waals surface area contributed by atoms with Crippen LogP contribution in [0.25, 0.3) is 0 Å². The van der Waals surface area contributed by atoms with Gasteiger partial charge in [-0.1, -0.05) is 0 Å². The van der Waals surface area contributed by atoms with Crippen LogP contribution in [0, 0.1) is 0 Å². The average molecular weight is 215 g/mol. The number of carboxylic acid groups (broad SMARTS) is 1. The number of carboxylic acids is 1. The van der Waals surface area contributed by atoms with Crippen LogP contribution in [-0.2, 0) is 24.3 Å². The van der Waals surface area contributed by atoms with E-state index in [-0.39, 0.29) is 19.5 Å². The van der Waals surface area contributed by atoms with Crippen LogP contribution in [0.1, 0.15) is 13.8 Å². The second-order valence-corrected chi connectivity index (χ2v) is 3.62. The van der Waals surface area contributed by atoms with Crippen LogP contribution >= 0.6 is 12.6 Å². The molecule has 0 fully saturated rings. The molecule has 0 radical (unpaired) electrons. The van der Waals surface area contributed by atoms with Crippen molar-refractivity contribution >= 4 is 18.6 Å². The number of nitrogens with two attached hydrogens (primary N) is 1. The van der Waals surface area contributed by atoms with Crippen LogP contribution in [0.5, 0.6) is 0 Å². The summed E-state index contributed by atoms with van der Waals surface area (Å²) in [5.74, 6) is -1.02. The molecule has 1 atom stereocenters. The van der Waals surface area contributed by atoms with E-state index in [9.17, 15) is 4.79 Å². The molecule has 0 saturated heterocycles. The Morgan fingerprint density at radius 2 is 2.00 bits per heavy atom. The fraction of sp³-hybridized carbons (Fsp3) is 0.800. The summed E-state index contributed by atoms with van der Waals surface area (Å²) in [6.45, 7) is 3.32. The van der Waals surface area contributed by atoms with E-state index in [1.54, 1.807) is 13.8 Å². The van der Waals surface area contributed by atoms with E-state index in [0.29, 0.717) is 0 Å². The number of carbonyl (C=O) groups is 1. The Bertz CT molecular complexity index is 123. The monoisotopic (exact) mass is 213 g/mol. The van der Waals surface area contributed by atoms with Crippen molar-refractivity contribution in [3.63, 3.8) is 0 Å². The third-order valence-electron chi connectivity index (χ3n) is 1.03. The first-order valence-corrected chi connectivity index (χ1v) is 3.01. The molecule has 0 aromatic carbocycles. The maximum Gasteiger partial charge on any atom is 0.321 e. The molecular weight excluding hydrogens is 204 g/mol. The Kier molecular flexibility index (Phi) is 5.62. The molecule has 0 aromatic rings. The van der Waals surface area contributed by atoms with Crippen molar-refractivity contribution in [1.82, 2.24) is 0 Å². The topological polar surface area (TPSA) is 63.3 Å². The van der Waals surface area contributed by atoms with Gasteiger partial charge in [-0.15, -0.1) is 0 Å². The van der Waals surface area contributed by atoms with E-state index in [1.165, 1.54) is 0 Å². The van der Waals surface area contributed by atoms with Gasteiger partial charge in [-0.25, -0.2) is 0 Å². The second kappa shape index (κ2) is 4.32. The van der Waals surface area contributed by atoms with Crippen molar-refractivity contribution < 1.29 is 29.4 Å². The molecule has 0 unspecified atom stereocenters. The molecule has 0 amide bonds. The van der Waals surface area contributed by atoms with Gasteiger partial charge in [0.2, 0.25) is 0 Å². The molecule has 0 saturated carbocycles. The van der Waals surface area contributed by atoms with Gasteiger partial charge < -0.3 is 10.8 Å². The molecule has 0 aliphatic carbocycles. The van der Waals surface area contributed by atoms with E-state index in [1.807, 2.05) is 0 Å². The van der Waals surface area contributed by atoms with Crippen molar-refractivity contribution in [2.45, 2.75) is 24.6 Å². The second-order valence-electron chi connectivity index (χ2n) is 2.47. The predicted octanol–water partition coefficient (Wildman–Crippen LogP) is 0.104. The largest absolute Gasteiger partial charge is 0.480 e. The van der Waals surface area contributed by atoms with Crippen LogP contribution < -0.4 is 5.73 Å². The minimum atomic E-state index is -1.02. The normalized spacial score (nSPS) is 13.6. The van der Waals surface area contributed by atoms with Gasteiger partial charge in [-0.05, 0) is 13.8 Å². The van der Waals surface area contributed by atoms with E-state index >= 15 is 0 Å². The van der Waals surface area contributed by atoms with Gasteiger partial charge in [0.05, 0.1) is 0 Å². The van der Waals surface area contributed by atoms with Crippen LogP contribution in [0.2, 0.25) is 0 Å². The molecule has 0 aliphatic heterocycles. The Morgan fingerprint density at radius 3 is 2.00 bits per heavy atom. The smallest absolute Gasteiger partial charge is 0.321 e. The molecule has 0 heterocycles. The molecule has 56 valence electrons. The number of hydrogen-bond acceptors (Lipinski definition) is 3. The molecule has 0 aromatic heterocycles. The zero-order valence-corrected chi connectivity index (χ0v) is 10.0. The predicted molar refractivity (Wildman–Crippen MR) is 38.7 cm³/mol. The number of aliphatic carboxylic acids is 1. The first-order chi connectivity index (χ1) is 3.85. The molecule has 0 rings (SSSR count). The van der Waals surface area contributed by atoms with Crippen molar-refractivity contribution in [1.29, 1.82) is 0 Å². The molecule has 0 bridgehead atoms. The fourth-order valence-electron chi connectivity index (χ4n) is 0.302. The summed E-state index contributed by atoms with van der Waals surface area (Å²) in [6.07, 6.45) is 0. The molecular formula is C5H11NO2SZn. The quantitative estimate of drug-likeness (QED) is 0.452. The van der Waals surface area contributed by atoms with Crippen LogP contribution in [-0.4, -0.2) is 21.9 Å². The van der Waals surface area contributed by atoms with Crippen LogP contribution in [0.4, 0.5) is 0 Å². The van der Waals surface area contributed by atoms with E-state index in [4.69, 9.17) is 10.8 Å². The average Bonchev–Trinajstić information content (AvgIpc) is 1.62. The number of hydrogen-bond donors (Lipinski definition) is 3. The van der Waals surface area contributed by atoms with Gasteiger partial charge in [0.15, 0.2) is 0 Å². The van der Waals surface area contributed by atoms with E-state index in [2.05, 4.69) is 12.6 Å². The SMILES string of the molecule is CC(C)(S)[C@@H](N)C(=O)O.[Zn]. The fourth-order valence-corrected chi connectivity index (χ4v) is 0.413. The first kappa shape index (κ1) is 13.0. The molecule has 0 aliphatic rings. The zero-order valence-electron chi connectivity index (χ0n) is 6.16. The summed E-state index contributed by atoms with van der Waals surface area (Å²) >= 11 is 3.98. The first-order valence-electron chi connectivity index (χ1n) is 2.56. The maximum absolute atomic E-state index is 10.2. The molecule has 0 spiro atoms. The number of rotatable bonds is 2. The minimum Gasteiger partial charge on any atom is -0.480 e. The minimum absolute atomic E-state index is 0. The maximum atomic E-state index is 10.2. The Morgan fingerprint density at radius 1 is 1.70 bits per heavy atom. The van der Waals surface area contributed by atoms with Gasteiger partial charge in [-0.3, -0.25) is 4.79 Å². The third-order valence-corrected chi connectivity index (χ3v) is 1.31. The molecule has 3 nitrogen and oxygen atoms in total. The van der Waals surface area contributed by atoms with Crippen molar-refractivity contribution in [2.24, 2.45) is 5.73 Å². The Balaban J connectivity index is 0. The summed E-state index contributed by atoms with van der Waals surface area (Å²) < 4.78 is -0.647. The van der Waals surface area contributed by atoms with Gasteiger partial charge >= 0.3 is 5.97 Å².